The maximum atomic E-state index is 13.9. The summed E-state index contributed by atoms with van der Waals surface area (Å²) < 4.78 is 52.5. The van der Waals surface area contributed by atoms with Crippen molar-refractivity contribution in [3.63, 3.8) is 0 Å². The largest absolute Gasteiger partial charge is 0.458 e. The minimum atomic E-state index is -0.540. The summed E-state index contributed by atoms with van der Waals surface area (Å²) in [6.45, 7) is -0.329. The number of rotatable bonds is 0. The van der Waals surface area contributed by atoms with Crippen LogP contribution in [0.3, 0.4) is 0 Å². The first-order valence-corrected chi connectivity index (χ1v) is 7.38. The summed E-state index contributed by atoms with van der Waals surface area (Å²) in [5, 5.41) is 0. The van der Waals surface area contributed by atoms with Gasteiger partial charge >= 0.3 is 0 Å². The fraction of sp³-hybridized carbons (Fsp3) is 0. The van der Waals surface area contributed by atoms with Crippen LogP contribution in [0, 0.1) is 17.5 Å². The van der Waals surface area contributed by atoms with Gasteiger partial charge in [0, 0.05) is 29.7 Å². The molecule has 24 heavy (non-hydrogen) atoms. The Kier molecular flexibility index (Phi) is 2.58. The van der Waals surface area contributed by atoms with Gasteiger partial charge in [-0.05, 0) is 23.1 Å². The lowest BCUT2D eigenvalue weighted by atomic mass is 9.35. The lowest BCUT2D eigenvalue weighted by Gasteiger charge is -2.32. The molecule has 3 aromatic carbocycles. The van der Waals surface area contributed by atoms with Crippen LogP contribution in [0.1, 0.15) is 0 Å². The molecule has 0 unspecified atom stereocenters. The van der Waals surface area contributed by atoms with Gasteiger partial charge in [-0.25, -0.2) is 13.2 Å². The highest BCUT2D eigenvalue weighted by Crippen LogP contribution is 2.35. The van der Waals surface area contributed by atoms with Crippen molar-refractivity contribution in [2.45, 2.75) is 0 Å². The summed E-state index contributed by atoms with van der Waals surface area (Å²) in [5.74, 6) is -0.226. The molecule has 0 bridgehead atoms. The SMILES string of the molecule is Fc1ccc2c(c1)Oc1cc(F)cc3c1B2c1ccc(F)cc1O3. The van der Waals surface area contributed by atoms with E-state index in [4.69, 9.17) is 9.47 Å². The zero-order valence-electron chi connectivity index (χ0n) is 12.1. The van der Waals surface area contributed by atoms with E-state index in [0.717, 1.165) is 10.9 Å². The van der Waals surface area contributed by atoms with Crippen LogP contribution in [0.25, 0.3) is 0 Å². The van der Waals surface area contributed by atoms with E-state index < -0.39 is 17.5 Å². The van der Waals surface area contributed by atoms with Crippen molar-refractivity contribution in [3.8, 4) is 23.0 Å². The molecule has 0 amide bonds. The number of ether oxygens (including phenoxy) is 2. The van der Waals surface area contributed by atoms with Crippen LogP contribution in [0.5, 0.6) is 23.0 Å². The Morgan fingerprint density at radius 3 is 1.54 bits per heavy atom. The molecular formula is C18H8BF3O2. The maximum absolute atomic E-state index is 13.9. The Hall–Kier alpha value is -2.89. The van der Waals surface area contributed by atoms with Gasteiger partial charge < -0.3 is 9.47 Å². The molecule has 2 heterocycles. The van der Waals surface area contributed by atoms with Gasteiger partial charge in [0.1, 0.15) is 40.4 Å². The van der Waals surface area contributed by atoms with Gasteiger partial charge in [-0.1, -0.05) is 12.1 Å². The number of fused-ring (bicyclic) bond motifs is 4. The predicted octanol–water partition coefficient (Wildman–Crippen LogP) is 2.83. The predicted molar refractivity (Wildman–Crippen MR) is 84.0 cm³/mol. The highest BCUT2D eigenvalue weighted by molar-refractivity contribution is 6.98. The zero-order valence-corrected chi connectivity index (χ0v) is 12.1. The Morgan fingerprint density at radius 1 is 0.583 bits per heavy atom. The summed E-state index contributed by atoms with van der Waals surface area (Å²) in [6, 6.07) is 11.0. The second-order valence-electron chi connectivity index (χ2n) is 5.82. The summed E-state index contributed by atoms with van der Waals surface area (Å²) in [6.07, 6.45) is 0. The number of benzene rings is 3. The molecule has 0 radical (unpaired) electrons. The molecule has 2 aliphatic rings. The van der Waals surface area contributed by atoms with Gasteiger partial charge in [0.25, 0.3) is 6.71 Å². The Balaban J connectivity index is 1.85. The molecule has 2 nitrogen and oxygen atoms in total. The van der Waals surface area contributed by atoms with Gasteiger partial charge in [-0.2, -0.15) is 0 Å². The second kappa shape index (κ2) is 4.57. The molecule has 2 aliphatic heterocycles. The van der Waals surface area contributed by atoms with E-state index in [1.54, 1.807) is 12.1 Å². The summed E-state index contributed by atoms with van der Waals surface area (Å²) in [7, 11) is 0. The Morgan fingerprint density at radius 2 is 1.04 bits per heavy atom. The van der Waals surface area contributed by atoms with E-state index in [9.17, 15) is 13.2 Å². The van der Waals surface area contributed by atoms with Gasteiger partial charge in [0.05, 0.1) is 0 Å². The standard InChI is InChI=1S/C18H8BF3O2/c20-9-1-3-12-14(5-9)23-16-7-11(22)8-17-18(16)19(12)13-4-2-10(21)6-15(13)24-17/h1-8H. The van der Waals surface area contributed by atoms with E-state index in [-0.39, 0.29) is 18.2 Å². The van der Waals surface area contributed by atoms with E-state index in [1.165, 1.54) is 36.4 Å². The number of hydrogen-bond donors (Lipinski definition) is 0. The first-order valence-electron chi connectivity index (χ1n) is 7.38. The summed E-state index contributed by atoms with van der Waals surface area (Å²) >= 11 is 0. The van der Waals surface area contributed by atoms with Crippen LogP contribution in [0.2, 0.25) is 0 Å². The van der Waals surface area contributed by atoms with Crippen molar-refractivity contribution in [1.82, 2.24) is 0 Å². The molecule has 0 spiro atoms. The molecule has 3 aromatic rings. The van der Waals surface area contributed by atoms with Crippen molar-refractivity contribution < 1.29 is 22.6 Å². The Bertz CT molecular complexity index is 943. The van der Waals surface area contributed by atoms with Gasteiger partial charge in [-0.3, -0.25) is 0 Å². The van der Waals surface area contributed by atoms with Crippen LogP contribution >= 0.6 is 0 Å². The molecule has 0 saturated carbocycles. The molecule has 6 heteroatoms. The van der Waals surface area contributed by atoms with E-state index in [1.807, 2.05) is 0 Å². The van der Waals surface area contributed by atoms with Crippen molar-refractivity contribution in [3.05, 3.63) is 66.0 Å². The first kappa shape index (κ1) is 13.5. The zero-order chi connectivity index (χ0) is 16.4. The van der Waals surface area contributed by atoms with Crippen LogP contribution in [0.15, 0.2) is 48.5 Å². The van der Waals surface area contributed by atoms with Crippen molar-refractivity contribution >= 4 is 23.1 Å². The number of halogens is 3. The average molecular weight is 324 g/mol. The molecular weight excluding hydrogens is 316 g/mol. The highest BCUT2D eigenvalue weighted by atomic mass is 19.1. The van der Waals surface area contributed by atoms with Crippen LogP contribution in [-0.2, 0) is 0 Å². The molecule has 0 N–H and O–H groups in total. The average Bonchev–Trinajstić information content (AvgIpc) is 2.53. The molecule has 0 aromatic heterocycles. The molecule has 0 saturated heterocycles. The molecule has 5 rings (SSSR count). The maximum Gasteiger partial charge on any atom is 0.260 e. The van der Waals surface area contributed by atoms with Gasteiger partial charge in [0.15, 0.2) is 0 Å². The van der Waals surface area contributed by atoms with Crippen molar-refractivity contribution in [2.75, 3.05) is 0 Å². The number of hydrogen-bond acceptors (Lipinski definition) is 2. The van der Waals surface area contributed by atoms with Gasteiger partial charge in [0.2, 0.25) is 0 Å². The second-order valence-corrected chi connectivity index (χ2v) is 5.82. The van der Waals surface area contributed by atoms with E-state index >= 15 is 0 Å². The van der Waals surface area contributed by atoms with Crippen LogP contribution in [-0.4, -0.2) is 6.71 Å². The van der Waals surface area contributed by atoms with Crippen LogP contribution in [0.4, 0.5) is 13.2 Å². The van der Waals surface area contributed by atoms with E-state index in [0.29, 0.717) is 17.0 Å². The third kappa shape index (κ3) is 1.79. The third-order valence-corrected chi connectivity index (χ3v) is 4.37. The fourth-order valence-corrected chi connectivity index (χ4v) is 3.41. The highest BCUT2D eigenvalue weighted by Gasteiger charge is 2.40. The van der Waals surface area contributed by atoms with Crippen molar-refractivity contribution in [1.29, 1.82) is 0 Å². The summed E-state index contributed by atoms with van der Waals surface area (Å²) in [4.78, 5) is 0. The minimum absolute atomic E-state index is 0.281. The van der Waals surface area contributed by atoms with Gasteiger partial charge in [-0.15, -0.1) is 0 Å². The molecule has 116 valence electrons. The van der Waals surface area contributed by atoms with Crippen molar-refractivity contribution in [2.24, 2.45) is 0 Å². The molecule has 0 aliphatic carbocycles. The lowest BCUT2D eigenvalue weighted by Crippen LogP contribution is -2.57. The topological polar surface area (TPSA) is 18.5 Å². The first-order chi connectivity index (χ1) is 11.6. The molecule has 0 atom stereocenters. The third-order valence-electron chi connectivity index (χ3n) is 4.37. The summed E-state index contributed by atoms with van der Waals surface area (Å²) in [5.41, 5.74) is 2.12. The van der Waals surface area contributed by atoms with Crippen LogP contribution < -0.4 is 25.9 Å². The lowest BCUT2D eigenvalue weighted by molar-refractivity contribution is 0.451. The minimum Gasteiger partial charge on any atom is -0.458 e. The Labute approximate surface area is 135 Å². The fourth-order valence-electron chi connectivity index (χ4n) is 3.41. The monoisotopic (exact) mass is 324 g/mol. The smallest absolute Gasteiger partial charge is 0.260 e. The normalized spacial score (nSPS) is 13.4. The molecule has 0 fully saturated rings. The quantitative estimate of drug-likeness (QED) is 0.408. The van der Waals surface area contributed by atoms with E-state index in [2.05, 4.69) is 0 Å².